The summed E-state index contributed by atoms with van der Waals surface area (Å²) < 4.78 is 14.9. The van der Waals surface area contributed by atoms with Gasteiger partial charge in [-0.3, -0.25) is 0 Å². The second kappa shape index (κ2) is 6.25. The number of nitrogens with one attached hydrogen (secondary N) is 1. The fourth-order valence-electron chi connectivity index (χ4n) is 2.24. The first kappa shape index (κ1) is 15.5. The highest BCUT2D eigenvalue weighted by Crippen LogP contribution is 2.32. The zero-order valence-corrected chi connectivity index (χ0v) is 13.9. The van der Waals surface area contributed by atoms with Gasteiger partial charge in [0.05, 0.1) is 6.04 Å². The molecule has 0 amide bonds. The lowest BCUT2D eigenvalue weighted by molar-refractivity contribution is 0.575. The topological polar surface area (TPSA) is 12.0 Å². The van der Waals surface area contributed by atoms with E-state index in [1.807, 2.05) is 32.0 Å². The summed E-state index contributed by atoms with van der Waals surface area (Å²) in [6.45, 7) is 4.04. The Hall–Kier alpha value is -0.900. The lowest BCUT2D eigenvalue weighted by atomic mass is 9.95. The van der Waals surface area contributed by atoms with Gasteiger partial charge in [0, 0.05) is 15.1 Å². The lowest BCUT2D eigenvalue weighted by Crippen LogP contribution is -2.19. The van der Waals surface area contributed by atoms with Crippen molar-refractivity contribution >= 4 is 27.5 Å². The fourth-order valence-corrected chi connectivity index (χ4v) is 2.90. The number of aryl methyl sites for hydroxylation is 2. The van der Waals surface area contributed by atoms with Crippen LogP contribution in [-0.2, 0) is 0 Å². The van der Waals surface area contributed by atoms with E-state index in [4.69, 9.17) is 11.6 Å². The number of benzene rings is 2. The minimum absolute atomic E-state index is 0.256. The zero-order valence-electron chi connectivity index (χ0n) is 11.6. The molecular weight excluding hydrogens is 341 g/mol. The molecule has 0 bridgehead atoms. The summed E-state index contributed by atoms with van der Waals surface area (Å²) >= 11 is 9.61. The summed E-state index contributed by atoms with van der Waals surface area (Å²) in [7, 11) is 1.80. The smallest absolute Gasteiger partial charge is 0.129 e. The van der Waals surface area contributed by atoms with Crippen LogP contribution in [0.5, 0.6) is 0 Å². The molecule has 0 spiro atoms. The Labute approximate surface area is 132 Å². The highest BCUT2D eigenvalue weighted by Gasteiger charge is 2.19. The van der Waals surface area contributed by atoms with E-state index in [9.17, 15) is 4.39 Å². The highest BCUT2D eigenvalue weighted by molar-refractivity contribution is 9.10. The first-order valence-electron chi connectivity index (χ1n) is 6.33. The standard InChI is InChI=1S/C16H16BrClFN/c1-9-6-13(14(18)7-10(9)2)16(20-3)12-5-4-11(17)8-15(12)19/h4-8,16,20H,1-3H3. The summed E-state index contributed by atoms with van der Waals surface area (Å²) in [5.74, 6) is -0.256. The Bertz CT molecular complexity index is 643. The molecule has 20 heavy (non-hydrogen) atoms. The van der Waals surface area contributed by atoms with Crippen molar-refractivity contribution in [3.05, 3.63) is 67.9 Å². The molecule has 106 valence electrons. The van der Waals surface area contributed by atoms with E-state index < -0.39 is 0 Å². The van der Waals surface area contributed by atoms with Gasteiger partial charge in [-0.05, 0) is 55.8 Å². The van der Waals surface area contributed by atoms with Gasteiger partial charge in [0.25, 0.3) is 0 Å². The van der Waals surface area contributed by atoms with Crippen LogP contribution < -0.4 is 5.32 Å². The predicted octanol–water partition coefficient (Wildman–Crippen LogP) is 5.17. The van der Waals surface area contributed by atoms with Crippen molar-refractivity contribution < 1.29 is 4.39 Å². The Balaban J connectivity index is 2.55. The van der Waals surface area contributed by atoms with E-state index in [0.29, 0.717) is 10.6 Å². The van der Waals surface area contributed by atoms with Crippen LogP contribution in [0.2, 0.25) is 5.02 Å². The quantitative estimate of drug-likeness (QED) is 0.800. The Morgan fingerprint density at radius 1 is 1.10 bits per heavy atom. The fraction of sp³-hybridized carbons (Fsp3) is 0.250. The van der Waals surface area contributed by atoms with Crippen molar-refractivity contribution in [2.75, 3.05) is 7.05 Å². The minimum Gasteiger partial charge on any atom is -0.309 e. The van der Waals surface area contributed by atoms with E-state index in [1.54, 1.807) is 13.1 Å². The molecule has 0 saturated carbocycles. The van der Waals surface area contributed by atoms with E-state index in [0.717, 1.165) is 21.2 Å². The van der Waals surface area contributed by atoms with Crippen molar-refractivity contribution in [3.8, 4) is 0 Å². The first-order valence-corrected chi connectivity index (χ1v) is 7.50. The summed E-state index contributed by atoms with van der Waals surface area (Å²) in [6.07, 6.45) is 0. The minimum atomic E-state index is -0.269. The molecule has 0 aliphatic carbocycles. The third kappa shape index (κ3) is 3.05. The summed E-state index contributed by atoms with van der Waals surface area (Å²) in [6, 6.07) is 8.74. The number of halogens is 3. The van der Waals surface area contributed by atoms with Crippen molar-refractivity contribution in [1.29, 1.82) is 0 Å². The van der Waals surface area contributed by atoms with E-state index >= 15 is 0 Å². The van der Waals surface area contributed by atoms with Crippen LogP contribution in [0.4, 0.5) is 4.39 Å². The van der Waals surface area contributed by atoms with Gasteiger partial charge in [-0.15, -0.1) is 0 Å². The number of rotatable bonds is 3. The monoisotopic (exact) mass is 355 g/mol. The first-order chi connectivity index (χ1) is 9.43. The van der Waals surface area contributed by atoms with Crippen molar-refractivity contribution in [1.82, 2.24) is 5.32 Å². The van der Waals surface area contributed by atoms with Crippen LogP contribution >= 0.6 is 27.5 Å². The second-order valence-electron chi connectivity index (χ2n) is 4.85. The van der Waals surface area contributed by atoms with Crippen molar-refractivity contribution in [2.24, 2.45) is 0 Å². The van der Waals surface area contributed by atoms with Crippen LogP contribution in [0.1, 0.15) is 28.3 Å². The van der Waals surface area contributed by atoms with E-state index in [2.05, 4.69) is 21.2 Å². The van der Waals surface area contributed by atoms with Gasteiger partial charge < -0.3 is 5.32 Å². The maximum absolute atomic E-state index is 14.2. The largest absolute Gasteiger partial charge is 0.309 e. The Kier molecular flexibility index (Phi) is 4.84. The van der Waals surface area contributed by atoms with Crippen LogP contribution in [0, 0.1) is 19.7 Å². The zero-order chi connectivity index (χ0) is 14.9. The highest BCUT2D eigenvalue weighted by atomic mass is 79.9. The van der Waals surface area contributed by atoms with Crippen LogP contribution in [-0.4, -0.2) is 7.05 Å². The van der Waals surface area contributed by atoms with Crippen molar-refractivity contribution in [3.63, 3.8) is 0 Å². The van der Waals surface area contributed by atoms with Gasteiger partial charge in [0.15, 0.2) is 0 Å². The van der Waals surface area contributed by atoms with Crippen molar-refractivity contribution in [2.45, 2.75) is 19.9 Å². The number of hydrogen-bond donors (Lipinski definition) is 1. The maximum atomic E-state index is 14.2. The molecule has 1 nitrogen and oxygen atoms in total. The SMILES string of the molecule is CNC(c1ccc(Br)cc1F)c1cc(C)c(C)cc1Cl. The van der Waals surface area contributed by atoms with Crippen LogP contribution in [0.3, 0.4) is 0 Å². The van der Waals surface area contributed by atoms with Gasteiger partial charge >= 0.3 is 0 Å². The summed E-state index contributed by atoms with van der Waals surface area (Å²) in [4.78, 5) is 0. The molecule has 0 radical (unpaired) electrons. The molecule has 4 heteroatoms. The predicted molar refractivity (Wildman–Crippen MR) is 85.9 cm³/mol. The lowest BCUT2D eigenvalue weighted by Gasteiger charge is -2.20. The second-order valence-corrected chi connectivity index (χ2v) is 6.17. The van der Waals surface area contributed by atoms with E-state index in [-0.39, 0.29) is 11.9 Å². The molecule has 1 atom stereocenters. The molecule has 0 aliphatic rings. The average Bonchev–Trinajstić information content (AvgIpc) is 2.38. The van der Waals surface area contributed by atoms with E-state index in [1.165, 1.54) is 6.07 Å². The molecule has 0 saturated heterocycles. The molecule has 1 unspecified atom stereocenters. The Morgan fingerprint density at radius 3 is 2.35 bits per heavy atom. The van der Waals surface area contributed by atoms with Gasteiger partial charge in [-0.1, -0.05) is 39.7 Å². The van der Waals surface area contributed by atoms with Crippen LogP contribution in [0.15, 0.2) is 34.8 Å². The van der Waals surface area contributed by atoms with Gasteiger partial charge in [-0.25, -0.2) is 4.39 Å². The van der Waals surface area contributed by atoms with Gasteiger partial charge in [0.2, 0.25) is 0 Å². The molecule has 2 aromatic rings. The normalized spacial score (nSPS) is 12.5. The number of hydrogen-bond acceptors (Lipinski definition) is 1. The molecule has 2 rings (SSSR count). The Morgan fingerprint density at radius 2 is 1.75 bits per heavy atom. The third-order valence-corrected chi connectivity index (χ3v) is 4.31. The molecule has 0 aromatic heterocycles. The average molecular weight is 357 g/mol. The molecule has 2 aromatic carbocycles. The van der Waals surface area contributed by atoms with Gasteiger partial charge in [-0.2, -0.15) is 0 Å². The van der Waals surface area contributed by atoms with Crippen LogP contribution in [0.25, 0.3) is 0 Å². The summed E-state index contributed by atoms with van der Waals surface area (Å²) in [5.41, 5.74) is 3.74. The molecule has 1 N–H and O–H groups in total. The van der Waals surface area contributed by atoms with Gasteiger partial charge in [0.1, 0.15) is 5.82 Å². The molecule has 0 heterocycles. The molecule has 0 fully saturated rings. The third-order valence-electron chi connectivity index (χ3n) is 3.49. The molecular formula is C16H16BrClFN. The maximum Gasteiger partial charge on any atom is 0.129 e. The molecule has 0 aliphatic heterocycles. The summed E-state index contributed by atoms with van der Waals surface area (Å²) in [5, 5.41) is 3.79.